The molecule has 0 bridgehead atoms. The lowest BCUT2D eigenvalue weighted by atomic mass is 10.1. The van der Waals surface area contributed by atoms with Crippen LogP contribution in [0.5, 0.6) is 0 Å². The lowest BCUT2D eigenvalue weighted by Crippen LogP contribution is -2.48. The maximum absolute atomic E-state index is 11.7. The molecule has 0 aliphatic carbocycles. The zero-order valence-electron chi connectivity index (χ0n) is 10.7. The number of hydrogen-bond acceptors (Lipinski definition) is 3. The molecule has 0 spiro atoms. The molecule has 1 aromatic carbocycles. The summed E-state index contributed by atoms with van der Waals surface area (Å²) in [6.45, 7) is 3.88. The molecule has 1 fully saturated rings. The van der Waals surface area contributed by atoms with E-state index in [1.807, 2.05) is 37.1 Å². The van der Waals surface area contributed by atoms with Crippen molar-refractivity contribution < 1.29 is 4.79 Å². The summed E-state index contributed by atoms with van der Waals surface area (Å²) in [7, 11) is 1.83. The molecule has 0 radical (unpaired) electrons. The SMILES string of the molecule is CC(N)c1ccc(N2CCN(C)C(=O)C2)cc1Cl. The highest BCUT2D eigenvalue weighted by Crippen LogP contribution is 2.27. The van der Waals surface area contributed by atoms with Gasteiger partial charge in [0.1, 0.15) is 0 Å². The lowest BCUT2D eigenvalue weighted by molar-refractivity contribution is -0.129. The van der Waals surface area contributed by atoms with E-state index in [-0.39, 0.29) is 11.9 Å². The number of nitrogens with zero attached hydrogens (tertiary/aromatic N) is 2. The van der Waals surface area contributed by atoms with E-state index in [1.165, 1.54) is 0 Å². The van der Waals surface area contributed by atoms with Gasteiger partial charge in [0.2, 0.25) is 5.91 Å². The largest absolute Gasteiger partial charge is 0.360 e. The number of likely N-dealkylation sites (N-methyl/N-ethyl adjacent to an activating group) is 1. The number of piperazine rings is 1. The first-order chi connectivity index (χ1) is 8.49. The fraction of sp³-hybridized carbons (Fsp3) is 0.462. The minimum Gasteiger partial charge on any atom is -0.360 e. The van der Waals surface area contributed by atoms with Gasteiger partial charge in [-0.1, -0.05) is 17.7 Å². The number of carbonyl (C=O) groups is 1. The van der Waals surface area contributed by atoms with Crippen LogP contribution in [0.1, 0.15) is 18.5 Å². The molecule has 5 heteroatoms. The van der Waals surface area contributed by atoms with Gasteiger partial charge in [0.15, 0.2) is 0 Å². The molecule has 1 aliphatic heterocycles. The van der Waals surface area contributed by atoms with Crippen LogP contribution in [-0.4, -0.2) is 37.5 Å². The zero-order chi connectivity index (χ0) is 13.3. The standard InChI is InChI=1S/C13H18ClN3O/c1-9(15)11-4-3-10(7-12(11)14)17-6-5-16(2)13(18)8-17/h3-4,7,9H,5-6,8,15H2,1-2H3. The molecule has 0 saturated carbocycles. The van der Waals surface area contributed by atoms with Crippen LogP contribution in [-0.2, 0) is 4.79 Å². The summed E-state index contributed by atoms with van der Waals surface area (Å²) in [6, 6.07) is 5.72. The van der Waals surface area contributed by atoms with Crippen molar-refractivity contribution in [1.29, 1.82) is 0 Å². The van der Waals surface area contributed by atoms with Gasteiger partial charge in [-0.15, -0.1) is 0 Å². The van der Waals surface area contributed by atoms with Crippen molar-refractivity contribution in [2.75, 3.05) is 31.6 Å². The number of hydrogen-bond donors (Lipinski definition) is 1. The van der Waals surface area contributed by atoms with Crippen molar-refractivity contribution in [2.24, 2.45) is 5.73 Å². The molecule has 2 N–H and O–H groups in total. The molecule has 1 amide bonds. The maximum atomic E-state index is 11.7. The normalized spacial score (nSPS) is 18.1. The van der Waals surface area contributed by atoms with Crippen molar-refractivity contribution >= 4 is 23.2 Å². The van der Waals surface area contributed by atoms with Gasteiger partial charge < -0.3 is 15.5 Å². The highest BCUT2D eigenvalue weighted by molar-refractivity contribution is 6.31. The predicted octanol–water partition coefficient (Wildman–Crippen LogP) is 1.64. The maximum Gasteiger partial charge on any atom is 0.241 e. The molecule has 98 valence electrons. The highest BCUT2D eigenvalue weighted by atomic mass is 35.5. The minimum atomic E-state index is -0.0827. The number of anilines is 1. The Bertz CT molecular complexity index is 462. The second-order valence-electron chi connectivity index (χ2n) is 4.73. The quantitative estimate of drug-likeness (QED) is 0.886. The van der Waals surface area contributed by atoms with E-state index in [1.54, 1.807) is 4.90 Å². The third kappa shape index (κ3) is 2.60. The van der Waals surface area contributed by atoms with E-state index in [2.05, 4.69) is 0 Å². The molecule has 2 rings (SSSR count). The van der Waals surface area contributed by atoms with Crippen molar-refractivity contribution in [1.82, 2.24) is 4.90 Å². The fourth-order valence-corrected chi connectivity index (χ4v) is 2.41. The van der Waals surface area contributed by atoms with Gasteiger partial charge in [-0.05, 0) is 24.6 Å². The van der Waals surface area contributed by atoms with Gasteiger partial charge in [0.25, 0.3) is 0 Å². The molecular formula is C13H18ClN3O. The number of halogens is 1. The summed E-state index contributed by atoms with van der Waals surface area (Å²) in [5.41, 5.74) is 7.73. The van der Waals surface area contributed by atoms with Crippen LogP contribution >= 0.6 is 11.6 Å². The van der Waals surface area contributed by atoms with Crippen LogP contribution in [0.25, 0.3) is 0 Å². The second-order valence-corrected chi connectivity index (χ2v) is 5.14. The Balaban J connectivity index is 2.19. The molecule has 1 heterocycles. The van der Waals surface area contributed by atoms with E-state index in [4.69, 9.17) is 17.3 Å². The van der Waals surface area contributed by atoms with E-state index < -0.39 is 0 Å². The van der Waals surface area contributed by atoms with Gasteiger partial charge in [-0.25, -0.2) is 0 Å². The van der Waals surface area contributed by atoms with E-state index in [9.17, 15) is 4.79 Å². The number of nitrogens with two attached hydrogens (primary N) is 1. The number of amides is 1. The summed E-state index contributed by atoms with van der Waals surface area (Å²) < 4.78 is 0. The van der Waals surface area contributed by atoms with Crippen LogP contribution in [0, 0.1) is 0 Å². The zero-order valence-corrected chi connectivity index (χ0v) is 11.4. The van der Waals surface area contributed by atoms with Crippen molar-refractivity contribution in [2.45, 2.75) is 13.0 Å². The van der Waals surface area contributed by atoms with Gasteiger partial charge >= 0.3 is 0 Å². The molecule has 1 unspecified atom stereocenters. The summed E-state index contributed by atoms with van der Waals surface area (Å²) in [6.07, 6.45) is 0. The van der Waals surface area contributed by atoms with Crippen LogP contribution in [0.4, 0.5) is 5.69 Å². The fourth-order valence-electron chi connectivity index (χ4n) is 2.06. The number of benzene rings is 1. The van der Waals surface area contributed by atoms with Gasteiger partial charge in [-0.3, -0.25) is 4.79 Å². The lowest BCUT2D eigenvalue weighted by Gasteiger charge is -2.33. The summed E-state index contributed by atoms with van der Waals surface area (Å²) in [4.78, 5) is 15.5. The molecule has 4 nitrogen and oxygen atoms in total. The molecule has 1 saturated heterocycles. The molecule has 1 aromatic rings. The monoisotopic (exact) mass is 267 g/mol. The Kier molecular flexibility index (Phi) is 3.78. The van der Waals surface area contributed by atoms with Crippen molar-refractivity contribution in [3.8, 4) is 0 Å². The first-order valence-electron chi connectivity index (χ1n) is 6.03. The van der Waals surface area contributed by atoms with E-state index in [0.29, 0.717) is 11.6 Å². The van der Waals surface area contributed by atoms with E-state index in [0.717, 1.165) is 24.3 Å². The van der Waals surface area contributed by atoms with Crippen LogP contribution in [0.2, 0.25) is 5.02 Å². The smallest absolute Gasteiger partial charge is 0.241 e. The van der Waals surface area contributed by atoms with Gasteiger partial charge in [-0.2, -0.15) is 0 Å². The van der Waals surface area contributed by atoms with Crippen LogP contribution in [0.3, 0.4) is 0 Å². The first kappa shape index (κ1) is 13.2. The minimum absolute atomic E-state index is 0.0827. The molecule has 18 heavy (non-hydrogen) atoms. The molecular weight excluding hydrogens is 250 g/mol. The average Bonchev–Trinajstić information content (AvgIpc) is 2.32. The first-order valence-corrected chi connectivity index (χ1v) is 6.41. The Morgan fingerprint density at radius 2 is 2.11 bits per heavy atom. The third-order valence-corrected chi connectivity index (χ3v) is 3.62. The summed E-state index contributed by atoms with van der Waals surface area (Å²) >= 11 is 6.21. The molecule has 0 aromatic heterocycles. The average molecular weight is 268 g/mol. The van der Waals surface area contributed by atoms with Crippen LogP contribution < -0.4 is 10.6 Å². The number of carbonyl (C=O) groups excluding carboxylic acids is 1. The predicted molar refractivity (Wildman–Crippen MR) is 73.9 cm³/mol. The Labute approximate surface area is 112 Å². The topological polar surface area (TPSA) is 49.6 Å². The molecule has 1 atom stereocenters. The van der Waals surface area contributed by atoms with Crippen LogP contribution in [0.15, 0.2) is 18.2 Å². The third-order valence-electron chi connectivity index (χ3n) is 3.30. The Morgan fingerprint density at radius 3 is 2.67 bits per heavy atom. The van der Waals surface area contributed by atoms with Gasteiger partial charge in [0.05, 0.1) is 6.54 Å². The number of rotatable bonds is 2. The summed E-state index contributed by atoms with van der Waals surface area (Å²) in [5.74, 6) is 0.133. The van der Waals surface area contributed by atoms with Crippen molar-refractivity contribution in [3.05, 3.63) is 28.8 Å². The molecule has 1 aliphatic rings. The van der Waals surface area contributed by atoms with Gasteiger partial charge in [0, 0.05) is 36.9 Å². The summed E-state index contributed by atoms with van der Waals surface area (Å²) in [5, 5.41) is 0.661. The van der Waals surface area contributed by atoms with E-state index >= 15 is 0 Å². The highest BCUT2D eigenvalue weighted by Gasteiger charge is 2.21. The second kappa shape index (κ2) is 5.16. The Morgan fingerprint density at radius 1 is 1.39 bits per heavy atom. The van der Waals surface area contributed by atoms with Crippen molar-refractivity contribution in [3.63, 3.8) is 0 Å². The Hall–Kier alpha value is -1.26.